The van der Waals surface area contributed by atoms with E-state index in [0.29, 0.717) is 5.56 Å². The van der Waals surface area contributed by atoms with Gasteiger partial charge in [0, 0.05) is 6.20 Å². The predicted molar refractivity (Wildman–Crippen MR) is 69.2 cm³/mol. The quantitative estimate of drug-likeness (QED) is 0.860. The van der Waals surface area contributed by atoms with Crippen molar-refractivity contribution >= 4 is 11.6 Å². The number of anilines is 1. The molecular weight excluding hydrogens is 306 g/mol. The minimum absolute atomic E-state index is 0.0488. The summed E-state index contributed by atoms with van der Waals surface area (Å²) >= 11 is 0. The highest BCUT2D eigenvalue weighted by Gasteiger charge is 2.19. The minimum Gasteiger partial charge on any atom is -0.433 e. The highest BCUT2D eigenvalue weighted by Crippen LogP contribution is 2.28. The largest absolute Gasteiger partial charge is 0.433 e. The summed E-state index contributed by atoms with van der Waals surface area (Å²) in [6, 6.07) is 5.24. The van der Waals surface area contributed by atoms with Gasteiger partial charge in [-0.15, -0.1) is 0 Å². The van der Waals surface area contributed by atoms with Crippen LogP contribution in [-0.2, 0) is 0 Å². The molecule has 0 aliphatic rings. The fourth-order valence-electron chi connectivity index (χ4n) is 1.78. The van der Waals surface area contributed by atoms with E-state index in [1.54, 1.807) is 6.92 Å². The van der Waals surface area contributed by atoms with Crippen molar-refractivity contribution < 1.29 is 27.1 Å². The molecule has 2 aromatic rings. The van der Waals surface area contributed by atoms with Crippen molar-refractivity contribution in [3.63, 3.8) is 0 Å². The third-order valence-electron chi connectivity index (χ3n) is 2.69. The number of ether oxygens (including phenoxy) is 1. The molecule has 22 heavy (non-hydrogen) atoms. The van der Waals surface area contributed by atoms with E-state index >= 15 is 0 Å². The first-order valence-electron chi connectivity index (χ1n) is 6.07. The van der Waals surface area contributed by atoms with Crippen LogP contribution in [-0.4, -0.2) is 22.3 Å². The van der Waals surface area contributed by atoms with E-state index < -0.39 is 24.8 Å². The molecule has 1 amide bonds. The van der Waals surface area contributed by atoms with Gasteiger partial charge in [0.05, 0.1) is 5.69 Å². The maximum Gasteiger partial charge on any atom is 0.387 e. The van der Waals surface area contributed by atoms with Crippen LogP contribution in [0.3, 0.4) is 0 Å². The van der Waals surface area contributed by atoms with Crippen LogP contribution in [0.1, 0.15) is 22.6 Å². The van der Waals surface area contributed by atoms with Gasteiger partial charge in [0.15, 0.2) is 0 Å². The van der Waals surface area contributed by atoms with Crippen molar-refractivity contribution in [1.29, 1.82) is 0 Å². The average Bonchev–Trinajstić information content (AvgIpc) is 2.91. The van der Waals surface area contributed by atoms with Gasteiger partial charge in [0.25, 0.3) is 5.91 Å². The zero-order valence-corrected chi connectivity index (χ0v) is 11.3. The van der Waals surface area contributed by atoms with Crippen LogP contribution in [0, 0.1) is 6.92 Å². The number of carbonyl (C=O) groups excluding carboxylic acids is 1. The first kappa shape index (κ1) is 15.8. The van der Waals surface area contributed by atoms with Gasteiger partial charge >= 0.3 is 13.2 Å². The molecule has 0 spiro atoms. The summed E-state index contributed by atoms with van der Waals surface area (Å²) in [5.41, 5.74) is 0.214. The monoisotopic (exact) mass is 317 g/mol. The summed E-state index contributed by atoms with van der Waals surface area (Å²) < 4.78 is 54.5. The lowest BCUT2D eigenvalue weighted by Gasteiger charge is -2.13. The molecule has 1 heterocycles. The summed E-state index contributed by atoms with van der Waals surface area (Å²) in [6.07, 6.45) is 1.04. The molecule has 0 radical (unpaired) electrons. The summed E-state index contributed by atoms with van der Waals surface area (Å²) in [5.74, 6) is -1.18. The average molecular weight is 317 g/mol. The molecule has 1 N–H and O–H groups in total. The molecule has 0 saturated carbocycles. The van der Waals surface area contributed by atoms with Gasteiger partial charge in [-0.2, -0.15) is 27.3 Å². The van der Waals surface area contributed by atoms with Gasteiger partial charge in [0.2, 0.25) is 0 Å². The van der Waals surface area contributed by atoms with Crippen LogP contribution in [0.2, 0.25) is 0 Å². The molecule has 2 rings (SSSR count). The number of halogens is 4. The van der Waals surface area contributed by atoms with Gasteiger partial charge in [0.1, 0.15) is 11.4 Å². The minimum atomic E-state index is -3.08. The molecular formula is C13H11F4N3O2. The Morgan fingerprint density at radius 1 is 1.27 bits per heavy atom. The Morgan fingerprint density at radius 2 is 2.00 bits per heavy atom. The van der Waals surface area contributed by atoms with Crippen LogP contribution < -0.4 is 10.1 Å². The number of aryl methyl sites for hydroxylation is 1. The Labute approximate surface area is 122 Å². The van der Waals surface area contributed by atoms with Gasteiger partial charge in [-0.25, -0.2) is 0 Å². The van der Waals surface area contributed by atoms with E-state index in [0.717, 1.165) is 12.3 Å². The molecule has 1 aromatic heterocycles. The molecule has 1 aromatic carbocycles. The molecule has 0 aliphatic carbocycles. The molecule has 5 nitrogen and oxygen atoms in total. The summed E-state index contributed by atoms with van der Waals surface area (Å²) in [5, 5.41) is 5.58. The van der Waals surface area contributed by atoms with Crippen molar-refractivity contribution in [2.45, 2.75) is 20.1 Å². The van der Waals surface area contributed by atoms with E-state index in [-0.39, 0.29) is 16.1 Å². The van der Waals surface area contributed by atoms with E-state index in [2.05, 4.69) is 15.2 Å². The van der Waals surface area contributed by atoms with Crippen LogP contribution in [0.4, 0.5) is 23.2 Å². The van der Waals surface area contributed by atoms with Crippen molar-refractivity contribution in [2.24, 2.45) is 0 Å². The summed E-state index contributed by atoms with van der Waals surface area (Å²) in [4.78, 5) is 12.0. The van der Waals surface area contributed by atoms with Gasteiger partial charge in [-0.05, 0) is 30.7 Å². The lowest BCUT2D eigenvalue weighted by atomic mass is 10.2. The Kier molecular flexibility index (Phi) is 4.64. The lowest BCUT2D eigenvalue weighted by Crippen LogP contribution is -2.19. The molecule has 0 saturated heterocycles. The topological polar surface area (TPSA) is 56.1 Å². The maximum atomic E-state index is 12.7. The van der Waals surface area contributed by atoms with Crippen LogP contribution in [0.25, 0.3) is 0 Å². The number of hydrogen-bond donors (Lipinski definition) is 1. The number of aromatic nitrogens is 2. The van der Waals surface area contributed by atoms with Crippen molar-refractivity contribution in [2.75, 3.05) is 5.32 Å². The van der Waals surface area contributed by atoms with E-state index in [1.165, 1.54) is 18.2 Å². The van der Waals surface area contributed by atoms with Gasteiger partial charge in [-0.3, -0.25) is 4.79 Å². The lowest BCUT2D eigenvalue weighted by molar-refractivity contribution is -0.0493. The number of nitrogens with zero attached hydrogens (tertiary/aromatic N) is 2. The number of rotatable bonds is 5. The smallest absolute Gasteiger partial charge is 0.387 e. The van der Waals surface area contributed by atoms with Crippen LogP contribution in [0.15, 0.2) is 30.5 Å². The molecule has 0 atom stereocenters. The highest BCUT2D eigenvalue weighted by atomic mass is 19.3. The number of amides is 1. The zero-order valence-electron chi connectivity index (χ0n) is 11.3. The van der Waals surface area contributed by atoms with Crippen LogP contribution in [0.5, 0.6) is 5.75 Å². The van der Waals surface area contributed by atoms with Crippen molar-refractivity contribution in [3.8, 4) is 5.75 Å². The number of carbonyl (C=O) groups is 1. The Hall–Kier alpha value is -2.58. The second-order valence-corrected chi connectivity index (χ2v) is 4.27. The first-order chi connectivity index (χ1) is 10.4. The summed E-state index contributed by atoms with van der Waals surface area (Å²) in [6.45, 7) is -4.40. The Balaban J connectivity index is 2.27. The van der Waals surface area contributed by atoms with Gasteiger partial charge in [-0.1, -0.05) is 6.07 Å². The normalized spacial score (nSPS) is 11.0. The van der Waals surface area contributed by atoms with E-state index in [4.69, 9.17) is 0 Å². The van der Waals surface area contributed by atoms with Crippen molar-refractivity contribution in [1.82, 2.24) is 9.78 Å². The molecule has 9 heteroatoms. The second-order valence-electron chi connectivity index (χ2n) is 4.27. The third-order valence-corrected chi connectivity index (χ3v) is 2.69. The van der Waals surface area contributed by atoms with Crippen LogP contribution >= 0.6 is 0 Å². The molecule has 0 unspecified atom stereocenters. The number of hydrogen-bond acceptors (Lipinski definition) is 3. The SMILES string of the molecule is Cc1ccc(OC(F)F)c(NC(=O)c2ccnn2C(F)F)c1. The number of nitrogens with one attached hydrogen (secondary N) is 1. The fraction of sp³-hybridized carbons (Fsp3) is 0.231. The predicted octanol–water partition coefficient (Wildman–Crippen LogP) is 3.44. The maximum absolute atomic E-state index is 12.7. The number of alkyl halides is 4. The molecule has 118 valence electrons. The standard InChI is InChI=1S/C13H11F4N3O2/c1-7-2-3-10(22-13(16)17)8(6-7)19-11(21)9-4-5-18-20(9)12(14)15/h2-6,12-13H,1H3,(H,19,21). The Bertz CT molecular complexity index is 673. The first-order valence-corrected chi connectivity index (χ1v) is 6.07. The number of benzene rings is 1. The second kappa shape index (κ2) is 6.46. The zero-order chi connectivity index (χ0) is 16.3. The fourth-order valence-corrected chi connectivity index (χ4v) is 1.78. The van der Waals surface area contributed by atoms with Crippen molar-refractivity contribution in [3.05, 3.63) is 41.7 Å². The Morgan fingerprint density at radius 3 is 2.64 bits per heavy atom. The summed E-state index contributed by atoms with van der Waals surface area (Å²) in [7, 11) is 0. The van der Waals surface area contributed by atoms with Gasteiger partial charge < -0.3 is 10.1 Å². The molecule has 0 bridgehead atoms. The highest BCUT2D eigenvalue weighted by molar-refractivity contribution is 6.03. The van der Waals surface area contributed by atoms with E-state index in [1.807, 2.05) is 0 Å². The van der Waals surface area contributed by atoms with E-state index in [9.17, 15) is 22.4 Å². The molecule has 0 fully saturated rings. The third kappa shape index (κ3) is 3.54. The molecule has 0 aliphatic heterocycles.